The first kappa shape index (κ1) is 19.8. The van der Waals surface area contributed by atoms with Gasteiger partial charge in [-0.25, -0.2) is 9.97 Å². The van der Waals surface area contributed by atoms with E-state index in [4.69, 9.17) is 4.74 Å². The summed E-state index contributed by atoms with van der Waals surface area (Å²) in [6.45, 7) is 3.25. The van der Waals surface area contributed by atoms with Gasteiger partial charge in [0.1, 0.15) is 11.6 Å². The van der Waals surface area contributed by atoms with Crippen LogP contribution in [0.25, 0.3) is 0 Å². The number of rotatable bonds is 6. The summed E-state index contributed by atoms with van der Waals surface area (Å²) in [6.07, 6.45) is 12.9. The Balaban J connectivity index is 1.29. The van der Waals surface area contributed by atoms with Crippen LogP contribution in [0, 0.1) is 11.8 Å². The second-order valence-corrected chi connectivity index (χ2v) is 7.98. The van der Waals surface area contributed by atoms with Crippen molar-refractivity contribution in [1.82, 2.24) is 19.9 Å². The number of nitrogens with one attached hydrogen (secondary N) is 1. The molecule has 0 unspecified atom stereocenters. The van der Waals surface area contributed by atoms with Gasteiger partial charge in [-0.2, -0.15) is 0 Å². The molecule has 1 N–H and O–H groups in total. The van der Waals surface area contributed by atoms with E-state index in [1.807, 2.05) is 6.20 Å². The molecular formula is C22H29N5O2. The molecule has 0 saturated carbocycles. The molecule has 1 amide bonds. The van der Waals surface area contributed by atoms with Crippen molar-refractivity contribution in [2.45, 2.75) is 38.5 Å². The number of carbonyl (C=O) groups is 1. The van der Waals surface area contributed by atoms with Crippen LogP contribution in [-0.4, -0.2) is 52.1 Å². The smallest absolute Gasteiger partial charge is 0.225 e. The van der Waals surface area contributed by atoms with Crippen LogP contribution < -0.4 is 5.32 Å². The topological polar surface area (TPSA) is 80.2 Å². The quantitative estimate of drug-likeness (QED) is 0.809. The zero-order chi connectivity index (χ0) is 19.9. The summed E-state index contributed by atoms with van der Waals surface area (Å²) in [6, 6.07) is 4.14. The lowest BCUT2D eigenvalue weighted by Gasteiger charge is -2.36. The minimum atomic E-state index is 0.164. The van der Waals surface area contributed by atoms with Crippen molar-refractivity contribution in [2.75, 3.05) is 31.6 Å². The number of anilines is 2. The summed E-state index contributed by atoms with van der Waals surface area (Å²) in [5, 5.41) is 3.19. The summed E-state index contributed by atoms with van der Waals surface area (Å²) in [5.41, 5.74) is 1.25. The molecule has 0 radical (unpaired) electrons. The lowest BCUT2D eigenvalue weighted by Crippen LogP contribution is -2.44. The molecule has 2 aromatic rings. The number of aryl methyl sites for hydroxylation is 1. The molecule has 7 heteroatoms. The van der Waals surface area contributed by atoms with Crippen molar-refractivity contribution in [3.63, 3.8) is 0 Å². The van der Waals surface area contributed by atoms with Crippen LogP contribution in [0.1, 0.15) is 37.7 Å². The Hall–Kier alpha value is -2.54. The molecule has 1 atom stereocenters. The van der Waals surface area contributed by atoms with Crippen LogP contribution in [0.2, 0.25) is 0 Å². The number of aromatic nitrogens is 3. The number of amides is 1. The summed E-state index contributed by atoms with van der Waals surface area (Å²) < 4.78 is 5.40. The van der Waals surface area contributed by atoms with Crippen molar-refractivity contribution in [2.24, 2.45) is 11.8 Å². The van der Waals surface area contributed by atoms with Crippen LogP contribution in [-0.2, 0) is 16.0 Å². The van der Waals surface area contributed by atoms with Crippen molar-refractivity contribution >= 4 is 17.5 Å². The lowest BCUT2D eigenvalue weighted by molar-refractivity contribution is -0.140. The van der Waals surface area contributed by atoms with Gasteiger partial charge in [0.25, 0.3) is 0 Å². The van der Waals surface area contributed by atoms with Crippen molar-refractivity contribution < 1.29 is 9.53 Å². The first-order valence-corrected chi connectivity index (χ1v) is 10.6. The first-order valence-electron chi connectivity index (χ1n) is 10.6. The van der Waals surface area contributed by atoms with Gasteiger partial charge in [-0.1, -0.05) is 0 Å². The van der Waals surface area contributed by atoms with Crippen molar-refractivity contribution in [3.8, 4) is 0 Å². The van der Waals surface area contributed by atoms with E-state index in [1.165, 1.54) is 12.0 Å². The Labute approximate surface area is 171 Å². The van der Waals surface area contributed by atoms with Crippen molar-refractivity contribution in [3.05, 3.63) is 42.5 Å². The van der Waals surface area contributed by atoms with Gasteiger partial charge in [0.05, 0.1) is 6.20 Å². The maximum absolute atomic E-state index is 12.8. The SMILES string of the molecule is O=C(C1CCOCC1)N1CCC[C@H](CCc2ccnc(Nc3cnccn3)c2)C1. The van der Waals surface area contributed by atoms with Crippen LogP contribution in [0.4, 0.5) is 11.6 Å². The van der Waals surface area contributed by atoms with E-state index in [1.54, 1.807) is 18.6 Å². The third-order valence-electron chi connectivity index (χ3n) is 5.89. The third-order valence-corrected chi connectivity index (χ3v) is 5.89. The van der Waals surface area contributed by atoms with Gasteiger partial charge >= 0.3 is 0 Å². The maximum atomic E-state index is 12.8. The van der Waals surface area contributed by atoms with Gasteiger partial charge in [-0.05, 0) is 62.1 Å². The minimum absolute atomic E-state index is 0.164. The van der Waals surface area contributed by atoms with Gasteiger partial charge in [-0.3, -0.25) is 9.78 Å². The molecule has 4 heterocycles. The molecule has 0 aliphatic carbocycles. The monoisotopic (exact) mass is 395 g/mol. The fraction of sp³-hybridized carbons (Fsp3) is 0.545. The van der Waals surface area contributed by atoms with Gasteiger partial charge < -0.3 is 15.0 Å². The Morgan fingerprint density at radius 3 is 2.83 bits per heavy atom. The predicted molar refractivity (Wildman–Crippen MR) is 111 cm³/mol. The molecule has 2 saturated heterocycles. The zero-order valence-electron chi connectivity index (χ0n) is 16.8. The van der Waals surface area contributed by atoms with E-state index in [2.05, 4.69) is 37.3 Å². The number of ether oxygens (including phenoxy) is 1. The molecule has 29 heavy (non-hydrogen) atoms. The van der Waals surface area contributed by atoms with Crippen LogP contribution in [0.3, 0.4) is 0 Å². The Morgan fingerprint density at radius 2 is 2.00 bits per heavy atom. The zero-order valence-corrected chi connectivity index (χ0v) is 16.8. The van der Waals surface area contributed by atoms with E-state index in [9.17, 15) is 4.79 Å². The standard InChI is InChI=1S/C22H29N5O2/c28-22(19-6-12-29-13-7-19)27-11-1-2-18(16-27)4-3-17-5-8-24-20(14-17)26-21-15-23-9-10-25-21/h5,8-10,14-15,18-19H,1-4,6-7,11-13,16H2,(H,24,25,26)/t18-/m1/s1. The second-order valence-electron chi connectivity index (χ2n) is 7.98. The fourth-order valence-corrected chi connectivity index (χ4v) is 4.27. The molecule has 7 nitrogen and oxygen atoms in total. The van der Waals surface area contributed by atoms with Gasteiger partial charge in [0.2, 0.25) is 5.91 Å². The highest BCUT2D eigenvalue weighted by molar-refractivity contribution is 5.79. The Kier molecular flexibility index (Phi) is 6.67. The first-order chi connectivity index (χ1) is 14.3. The molecule has 2 fully saturated rings. The minimum Gasteiger partial charge on any atom is -0.381 e. The van der Waals surface area contributed by atoms with Crippen LogP contribution in [0.5, 0.6) is 0 Å². The van der Waals surface area contributed by atoms with E-state index in [0.29, 0.717) is 17.6 Å². The molecule has 0 spiro atoms. The number of carbonyl (C=O) groups excluding carboxylic acids is 1. The normalized spacial score (nSPS) is 20.4. The molecule has 0 aromatic carbocycles. The number of hydrogen-bond donors (Lipinski definition) is 1. The van der Waals surface area contributed by atoms with E-state index < -0.39 is 0 Å². The van der Waals surface area contributed by atoms with Crippen molar-refractivity contribution in [1.29, 1.82) is 0 Å². The lowest BCUT2D eigenvalue weighted by atomic mass is 9.90. The van der Waals surface area contributed by atoms with Crippen LogP contribution >= 0.6 is 0 Å². The maximum Gasteiger partial charge on any atom is 0.225 e. The van der Waals surface area contributed by atoms with E-state index in [-0.39, 0.29) is 5.92 Å². The number of likely N-dealkylation sites (tertiary alicyclic amines) is 1. The highest BCUT2D eigenvalue weighted by atomic mass is 16.5. The van der Waals surface area contributed by atoms with E-state index >= 15 is 0 Å². The largest absolute Gasteiger partial charge is 0.381 e. The molecule has 4 rings (SSSR count). The predicted octanol–water partition coefficient (Wildman–Crippen LogP) is 3.21. The summed E-state index contributed by atoms with van der Waals surface area (Å²) in [4.78, 5) is 27.6. The number of piperidine rings is 1. The highest BCUT2D eigenvalue weighted by Gasteiger charge is 2.29. The Bertz CT molecular complexity index is 795. The summed E-state index contributed by atoms with van der Waals surface area (Å²) in [7, 11) is 0. The van der Waals surface area contributed by atoms with E-state index in [0.717, 1.165) is 64.2 Å². The number of hydrogen-bond acceptors (Lipinski definition) is 6. The Morgan fingerprint density at radius 1 is 1.14 bits per heavy atom. The molecule has 2 aliphatic rings. The van der Waals surface area contributed by atoms with Gasteiger partial charge in [0, 0.05) is 50.8 Å². The number of nitrogens with zero attached hydrogens (tertiary/aromatic N) is 4. The summed E-state index contributed by atoms with van der Waals surface area (Å²) in [5.74, 6) is 2.54. The molecule has 2 aromatic heterocycles. The molecule has 0 bridgehead atoms. The third kappa shape index (κ3) is 5.50. The molecular weight excluding hydrogens is 366 g/mol. The van der Waals surface area contributed by atoms with Gasteiger partial charge in [-0.15, -0.1) is 0 Å². The highest BCUT2D eigenvalue weighted by Crippen LogP contribution is 2.26. The molecule has 154 valence electrons. The van der Waals surface area contributed by atoms with Crippen LogP contribution in [0.15, 0.2) is 36.9 Å². The summed E-state index contributed by atoms with van der Waals surface area (Å²) >= 11 is 0. The number of pyridine rings is 1. The molecule has 2 aliphatic heterocycles. The second kappa shape index (κ2) is 9.78. The fourth-order valence-electron chi connectivity index (χ4n) is 4.27. The average molecular weight is 396 g/mol. The van der Waals surface area contributed by atoms with Gasteiger partial charge in [0.15, 0.2) is 0 Å². The average Bonchev–Trinajstić information content (AvgIpc) is 2.79.